The minimum absolute atomic E-state index is 0.103. The lowest BCUT2D eigenvalue weighted by atomic mass is 9.82. The Morgan fingerprint density at radius 3 is 0.786 bits per heavy atom. The van der Waals surface area contributed by atoms with Crippen LogP contribution in [0.3, 0.4) is 0 Å². The maximum absolute atomic E-state index is 11.4. The molecule has 0 aliphatic carbocycles. The summed E-state index contributed by atoms with van der Waals surface area (Å²) in [5.41, 5.74) is 16.3. The minimum Gasteiger partial charge on any atom is -0.508 e. The number of phenols is 4. The molecule has 424 valence electrons. The monoisotopic (exact) mass is 1100 g/mol. The first kappa shape index (κ1) is 60.7. The van der Waals surface area contributed by atoms with Crippen LogP contribution in [-0.4, -0.2) is 20.4 Å². The van der Waals surface area contributed by atoms with Gasteiger partial charge >= 0.3 is 0 Å². The van der Waals surface area contributed by atoms with Crippen LogP contribution in [0.1, 0.15) is 168 Å². The van der Waals surface area contributed by atoms with E-state index in [9.17, 15) is 20.4 Å². The van der Waals surface area contributed by atoms with Gasteiger partial charge in [0.05, 0.1) is 0 Å². The van der Waals surface area contributed by atoms with Gasteiger partial charge in [-0.15, -0.1) is 0 Å². The second-order valence-electron chi connectivity index (χ2n) is 21.9. The molecule has 4 nitrogen and oxygen atoms in total. The van der Waals surface area contributed by atoms with Gasteiger partial charge in [0.15, 0.2) is 0 Å². The summed E-state index contributed by atoms with van der Waals surface area (Å²) in [7, 11) is 0. The van der Waals surface area contributed by atoms with Crippen LogP contribution in [-0.2, 0) is 0 Å². The van der Waals surface area contributed by atoms with Crippen molar-refractivity contribution in [2.75, 3.05) is 0 Å². The van der Waals surface area contributed by atoms with Gasteiger partial charge in [0, 0.05) is 63.7 Å². The van der Waals surface area contributed by atoms with E-state index in [1.54, 1.807) is 18.2 Å². The van der Waals surface area contributed by atoms with Gasteiger partial charge in [0.25, 0.3) is 0 Å². The Morgan fingerprint density at radius 2 is 0.429 bits per heavy atom. The van der Waals surface area contributed by atoms with E-state index in [-0.39, 0.29) is 29.6 Å². The number of rotatable bonds is 14. The van der Waals surface area contributed by atoms with Crippen LogP contribution in [0.5, 0.6) is 23.0 Å². The summed E-state index contributed by atoms with van der Waals surface area (Å²) in [5, 5.41) is 40.7. The highest BCUT2D eigenvalue weighted by molar-refractivity contribution is 5.54. The molecule has 4 heteroatoms. The highest BCUT2D eigenvalue weighted by Crippen LogP contribution is 2.42. The van der Waals surface area contributed by atoms with Gasteiger partial charge in [-0.05, 0) is 79.9 Å². The molecular weight excluding hydrogens is 1020 g/mol. The van der Waals surface area contributed by atoms with Crippen molar-refractivity contribution in [3.05, 3.63) is 369 Å². The van der Waals surface area contributed by atoms with Gasteiger partial charge in [-0.25, -0.2) is 0 Å². The molecule has 0 amide bonds. The van der Waals surface area contributed by atoms with E-state index < -0.39 is 0 Å². The fraction of sp³-hybridized carbons (Fsp3) is 0.175. The second kappa shape index (κ2) is 30.1. The first-order chi connectivity index (χ1) is 40.8. The van der Waals surface area contributed by atoms with Crippen molar-refractivity contribution >= 4 is 0 Å². The first-order valence-electron chi connectivity index (χ1n) is 29.4. The van der Waals surface area contributed by atoms with E-state index >= 15 is 0 Å². The average Bonchev–Trinajstić information content (AvgIpc) is 3.59. The van der Waals surface area contributed by atoms with E-state index in [1.165, 1.54) is 55.6 Å². The van der Waals surface area contributed by atoms with Crippen molar-refractivity contribution in [3.8, 4) is 23.0 Å². The van der Waals surface area contributed by atoms with Crippen molar-refractivity contribution in [1.82, 2.24) is 0 Å². The second-order valence-corrected chi connectivity index (χ2v) is 21.9. The third kappa shape index (κ3) is 16.0. The van der Waals surface area contributed by atoms with Gasteiger partial charge < -0.3 is 20.4 Å². The first-order valence-corrected chi connectivity index (χ1v) is 29.4. The van der Waals surface area contributed by atoms with E-state index in [4.69, 9.17) is 0 Å². The molecule has 7 unspecified atom stereocenters. The Hall–Kier alpha value is -9.38. The van der Waals surface area contributed by atoms with Crippen molar-refractivity contribution in [1.29, 1.82) is 0 Å². The van der Waals surface area contributed by atoms with Gasteiger partial charge in [-0.3, -0.25) is 0 Å². The molecule has 0 aliphatic rings. The fourth-order valence-corrected chi connectivity index (χ4v) is 10.9. The Bertz CT molecular complexity index is 3620. The van der Waals surface area contributed by atoms with Crippen LogP contribution in [0.15, 0.2) is 291 Å². The molecule has 0 saturated heterocycles. The third-order valence-corrected chi connectivity index (χ3v) is 16.5. The molecule has 4 N–H and O–H groups in total. The quantitative estimate of drug-likeness (QED) is 0.0875. The SMILES string of the molecule is CC(c1ccccc1)c1cc(C(C)c2ccccc2)c(O)c(C(C)c2ccccc2)c1.CC(c1ccccc1)c1ccc(O)c(C(C)c2ccccc2)c1.CC(c1ccccc1)c1ccc(O)cc1.CC(c1ccccc1)c1ccccc1O. The summed E-state index contributed by atoms with van der Waals surface area (Å²) in [4.78, 5) is 0. The van der Waals surface area contributed by atoms with Gasteiger partial charge in [0.1, 0.15) is 23.0 Å². The average molecular weight is 1110 g/mol. The lowest BCUT2D eigenvalue weighted by Gasteiger charge is -2.24. The molecule has 0 heterocycles. The number of benzene rings is 11. The molecule has 0 saturated carbocycles. The lowest BCUT2D eigenvalue weighted by molar-refractivity contribution is 0.456. The van der Waals surface area contributed by atoms with E-state index in [0.717, 1.165) is 22.3 Å². The zero-order valence-corrected chi connectivity index (χ0v) is 49.5. The Kier molecular flexibility index (Phi) is 21.7. The number of para-hydroxylation sites is 1. The Labute approximate surface area is 499 Å². The molecule has 84 heavy (non-hydrogen) atoms. The largest absolute Gasteiger partial charge is 0.508 e. The number of phenolic OH excluding ortho intramolecular Hbond substituents is 4. The fourth-order valence-electron chi connectivity index (χ4n) is 10.9. The smallest absolute Gasteiger partial charge is 0.123 e. The standard InChI is InChI=1S/C30H30O.C22H22O.2C14H14O/c1-21(24-13-7-4-8-14-24)27-19-28(22(2)25-15-9-5-10-16-25)30(31)29(20-27)23(3)26-17-11-6-12-18-26;1-16(18-9-5-3-6-10-18)20-13-14-22(23)21(15-20)17(2)19-11-7-4-8-12-19;1-11(12-7-3-2-4-8-12)13-9-5-6-10-14(13)15;1-11(12-5-3-2-4-6-12)13-7-9-14(15)10-8-13/h4-23,31H,1-3H3;3-17,23H,1-2H3;2*2-11,15H,1H3. The molecule has 0 spiro atoms. The number of hydrogen-bond acceptors (Lipinski definition) is 4. The maximum Gasteiger partial charge on any atom is 0.123 e. The summed E-state index contributed by atoms with van der Waals surface area (Å²) >= 11 is 0. The van der Waals surface area contributed by atoms with Crippen LogP contribution in [0.25, 0.3) is 0 Å². The summed E-state index contributed by atoms with van der Waals surface area (Å²) in [6.07, 6.45) is 0. The molecule has 0 radical (unpaired) electrons. The zero-order valence-electron chi connectivity index (χ0n) is 49.5. The highest BCUT2D eigenvalue weighted by atomic mass is 16.3. The minimum atomic E-state index is 0.103. The molecule has 0 aliphatic heterocycles. The van der Waals surface area contributed by atoms with Crippen LogP contribution >= 0.6 is 0 Å². The molecule has 11 rings (SSSR count). The molecule has 11 aromatic rings. The van der Waals surface area contributed by atoms with Crippen LogP contribution in [0.4, 0.5) is 0 Å². The number of hydrogen-bond donors (Lipinski definition) is 4. The highest BCUT2D eigenvalue weighted by Gasteiger charge is 2.24. The van der Waals surface area contributed by atoms with Gasteiger partial charge in [-0.1, -0.05) is 315 Å². The Morgan fingerprint density at radius 1 is 0.190 bits per heavy atom. The summed E-state index contributed by atoms with van der Waals surface area (Å²) in [5.74, 6) is 2.98. The molecule has 0 bridgehead atoms. The molecule has 0 fully saturated rings. The zero-order chi connectivity index (χ0) is 59.4. The predicted octanol–water partition coefficient (Wildman–Crippen LogP) is 20.6. The van der Waals surface area contributed by atoms with Crippen molar-refractivity contribution in [2.45, 2.75) is 89.9 Å². The summed E-state index contributed by atoms with van der Waals surface area (Å²) in [6, 6.07) is 98.1. The normalized spacial score (nSPS) is 13.3. The molecular formula is C80H80O4. The van der Waals surface area contributed by atoms with Crippen molar-refractivity contribution in [3.63, 3.8) is 0 Å². The van der Waals surface area contributed by atoms with Crippen LogP contribution in [0, 0.1) is 0 Å². The summed E-state index contributed by atoms with van der Waals surface area (Å²) in [6.45, 7) is 15.2. The Balaban J connectivity index is 0.000000153. The lowest BCUT2D eigenvalue weighted by Crippen LogP contribution is -2.06. The molecule has 7 atom stereocenters. The third-order valence-electron chi connectivity index (χ3n) is 16.5. The van der Waals surface area contributed by atoms with Crippen molar-refractivity contribution < 1.29 is 20.4 Å². The predicted molar refractivity (Wildman–Crippen MR) is 350 cm³/mol. The van der Waals surface area contributed by atoms with E-state index in [1.807, 2.05) is 115 Å². The molecule has 0 aromatic heterocycles. The van der Waals surface area contributed by atoms with Gasteiger partial charge in [-0.2, -0.15) is 0 Å². The van der Waals surface area contributed by atoms with Crippen molar-refractivity contribution in [2.24, 2.45) is 0 Å². The molecule has 11 aromatic carbocycles. The number of aromatic hydroxyl groups is 4. The summed E-state index contributed by atoms with van der Waals surface area (Å²) < 4.78 is 0. The topological polar surface area (TPSA) is 80.9 Å². The van der Waals surface area contributed by atoms with Crippen LogP contribution in [0.2, 0.25) is 0 Å². The maximum atomic E-state index is 11.4. The van der Waals surface area contributed by atoms with Gasteiger partial charge in [0.2, 0.25) is 0 Å². The van der Waals surface area contributed by atoms with E-state index in [0.29, 0.717) is 34.8 Å². The van der Waals surface area contributed by atoms with E-state index in [2.05, 4.69) is 206 Å². The van der Waals surface area contributed by atoms with Crippen LogP contribution < -0.4 is 0 Å².